The summed E-state index contributed by atoms with van der Waals surface area (Å²) in [5.41, 5.74) is 3.33. The van der Waals surface area contributed by atoms with Crippen LogP contribution in [0, 0.1) is 6.92 Å². The fourth-order valence-corrected chi connectivity index (χ4v) is 3.95. The fourth-order valence-electron chi connectivity index (χ4n) is 3.04. The van der Waals surface area contributed by atoms with Crippen molar-refractivity contribution in [3.05, 3.63) is 76.1 Å². The monoisotopic (exact) mass is 380 g/mol. The van der Waals surface area contributed by atoms with E-state index in [0.29, 0.717) is 18.8 Å². The molecule has 0 radical (unpaired) electrons. The van der Waals surface area contributed by atoms with Gasteiger partial charge < -0.3 is 9.88 Å². The molecule has 1 aromatic heterocycles. The average Bonchev–Trinajstić information content (AvgIpc) is 2.68. The molecule has 0 aliphatic heterocycles. The van der Waals surface area contributed by atoms with Crippen molar-refractivity contribution in [3.63, 3.8) is 0 Å². The molecule has 0 bridgehead atoms. The molecular weight excluding hydrogens is 356 g/mol. The predicted molar refractivity (Wildman–Crippen MR) is 112 cm³/mol. The third kappa shape index (κ3) is 4.80. The number of thioether (sulfide) groups is 1. The summed E-state index contributed by atoms with van der Waals surface area (Å²) in [6.45, 7) is 5.26. The molecule has 0 saturated carbocycles. The maximum Gasteiger partial charge on any atom is 0.252 e. The van der Waals surface area contributed by atoms with Crippen LogP contribution < -0.4 is 10.9 Å². The zero-order valence-corrected chi connectivity index (χ0v) is 16.5. The van der Waals surface area contributed by atoms with Gasteiger partial charge in [0.2, 0.25) is 5.91 Å². The summed E-state index contributed by atoms with van der Waals surface area (Å²) in [5, 5.41) is 3.97. The molecule has 2 aromatic carbocycles. The minimum Gasteiger partial charge on any atom is -0.355 e. The van der Waals surface area contributed by atoms with Gasteiger partial charge in [0, 0.05) is 29.4 Å². The van der Waals surface area contributed by atoms with Crippen LogP contribution in [-0.2, 0) is 17.8 Å². The zero-order chi connectivity index (χ0) is 19.2. The van der Waals surface area contributed by atoms with E-state index in [4.69, 9.17) is 0 Å². The van der Waals surface area contributed by atoms with Crippen molar-refractivity contribution in [1.29, 1.82) is 0 Å². The van der Waals surface area contributed by atoms with E-state index in [1.807, 2.05) is 31.2 Å². The van der Waals surface area contributed by atoms with E-state index in [9.17, 15) is 9.59 Å². The lowest BCUT2D eigenvalue weighted by molar-refractivity contribution is -0.118. The van der Waals surface area contributed by atoms with Crippen LogP contribution in [0.4, 0.5) is 0 Å². The van der Waals surface area contributed by atoms with Gasteiger partial charge in [-0.3, -0.25) is 9.59 Å². The molecule has 5 heteroatoms. The van der Waals surface area contributed by atoms with E-state index >= 15 is 0 Å². The van der Waals surface area contributed by atoms with Crippen LogP contribution >= 0.6 is 11.8 Å². The topological polar surface area (TPSA) is 51.1 Å². The van der Waals surface area contributed by atoms with Gasteiger partial charge in [0.15, 0.2) is 0 Å². The quantitative estimate of drug-likeness (QED) is 0.635. The summed E-state index contributed by atoms with van der Waals surface area (Å²) in [5.74, 6) is 0.281. The van der Waals surface area contributed by atoms with E-state index in [0.717, 1.165) is 22.2 Å². The van der Waals surface area contributed by atoms with Crippen LogP contribution in [0.15, 0.2) is 64.3 Å². The van der Waals surface area contributed by atoms with Crippen LogP contribution in [0.3, 0.4) is 0 Å². The van der Waals surface area contributed by atoms with Gasteiger partial charge in [0.1, 0.15) is 0 Å². The molecule has 140 valence electrons. The molecule has 27 heavy (non-hydrogen) atoms. The Morgan fingerprint density at radius 2 is 1.85 bits per heavy atom. The first-order chi connectivity index (χ1) is 13.1. The number of hydrogen-bond donors (Lipinski definition) is 1. The highest BCUT2D eigenvalue weighted by Gasteiger charge is 2.10. The number of fused-ring (bicyclic) bond motifs is 1. The van der Waals surface area contributed by atoms with Gasteiger partial charge in [-0.15, -0.1) is 11.8 Å². The third-order valence-electron chi connectivity index (χ3n) is 4.51. The van der Waals surface area contributed by atoms with Crippen molar-refractivity contribution in [3.8, 4) is 0 Å². The van der Waals surface area contributed by atoms with Gasteiger partial charge >= 0.3 is 0 Å². The van der Waals surface area contributed by atoms with Crippen molar-refractivity contribution < 1.29 is 4.79 Å². The molecule has 4 nitrogen and oxygen atoms in total. The zero-order valence-electron chi connectivity index (χ0n) is 15.7. The summed E-state index contributed by atoms with van der Waals surface area (Å²) in [7, 11) is 0. The first kappa shape index (κ1) is 19.2. The number of rotatable bonds is 7. The summed E-state index contributed by atoms with van der Waals surface area (Å²) < 4.78 is 1.75. The molecule has 0 unspecified atom stereocenters. The highest BCUT2D eigenvalue weighted by molar-refractivity contribution is 8.00. The highest BCUT2D eigenvalue weighted by Crippen LogP contribution is 2.26. The second-order valence-corrected chi connectivity index (χ2v) is 7.50. The fraction of sp³-hybridized carbons (Fsp3) is 0.273. The highest BCUT2D eigenvalue weighted by atomic mass is 32.2. The largest absolute Gasteiger partial charge is 0.355 e. The molecule has 1 N–H and O–H groups in total. The second-order valence-electron chi connectivity index (χ2n) is 6.48. The Balaban J connectivity index is 1.60. The average molecular weight is 381 g/mol. The van der Waals surface area contributed by atoms with E-state index in [1.165, 1.54) is 22.9 Å². The molecule has 1 amide bonds. The lowest BCUT2D eigenvalue weighted by Crippen LogP contribution is -2.27. The number of carbonyl (C=O) groups excluding carboxylic acids is 1. The second kappa shape index (κ2) is 8.91. The lowest BCUT2D eigenvalue weighted by atomic mass is 10.1. The van der Waals surface area contributed by atoms with Gasteiger partial charge in [0.05, 0.1) is 11.3 Å². The Morgan fingerprint density at radius 3 is 2.59 bits per heavy atom. The van der Waals surface area contributed by atoms with E-state index in [-0.39, 0.29) is 11.5 Å². The van der Waals surface area contributed by atoms with Crippen LogP contribution in [-0.4, -0.2) is 22.8 Å². The molecule has 0 atom stereocenters. The molecule has 3 rings (SSSR count). The van der Waals surface area contributed by atoms with Crippen LogP contribution in [0.25, 0.3) is 10.9 Å². The standard InChI is InChI=1S/C22H24N2O2S/c1-3-24-19-7-5-4-6-18(19)20(14-22(24)26)27-15-21(25)23-13-12-17-10-8-16(2)9-11-17/h4-11,14H,3,12-13,15H2,1-2H3,(H,23,25). The van der Waals surface area contributed by atoms with Crippen molar-refractivity contribution in [2.45, 2.75) is 31.7 Å². The summed E-state index contributed by atoms with van der Waals surface area (Å²) >= 11 is 1.41. The van der Waals surface area contributed by atoms with Crippen molar-refractivity contribution >= 4 is 28.6 Å². The minimum atomic E-state index is -0.0292. The van der Waals surface area contributed by atoms with Crippen LogP contribution in [0.2, 0.25) is 0 Å². The molecular formula is C22H24N2O2S. The normalized spacial score (nSPS) is 10.9. The third-order valence-corrected chi connectivity index (χ3v) is 5.57. The number of benzene rings is 2. The number of amides is 1. The Bertz CT molecular complexity index is 993. The maximum absolute atomic E-state index is 12.3. The molecule has 1 heterocycles. The first-order valence-electron chi connectivity index (χ1n) is 9.16. The van der Waals surface area contributed by atoms with E-state index < -0.39 is 0 Å². The van der Waals surface area contributed by atoms with Gasteiger partial charge in [-0.2, -0.15) is 0 Å². The van der Waals surface area contributed by atoms with Crippen molar-refractivity contribution in [2.75, 3.05) is 12.3 Å². The summed E-state index contributed by atoms with van der Waals surface area (Å²) in [4.78, 5) is 25.4. The van der Waals surface area contributed by atoms with Gasteiger partial charge in [0.25, 0.3) is 5.56 Å². The minimum absolute atomic E-state index is 0.0177. The number of para-hydroxylation sites is 1. The molecule has 0 aliphatic carbocycles. The first-order valence-corrected chi connectivity index (χ1v) is 10.1. The Labute approximate surface area is 163 Å². The Morgan fingerprint density at radius 1 is 1.11 bits per heavy atom. The smallest absolute Gasteiger partial charge is 0.252 e. The van der Waals surface area contributed by atoms with Gasteiger partial charge in [-0.25, -0.2) is 0 Å². The number of carbonyl (C=O) groups is 1. The molecule has 0 aliphatic rings. The SMILES string of the molecule is CCn1c(=O)cc(SCC(=O)NCCc2ccc(C)cc2)c2ccccc21. The molecule has 0 spiro atoms. The van der Waals surface area contributed by atoms with Crippen molar-refractivity contribution in [2.24, 2.45) is 0 Å². The summed E-state index contributed by atoms with van der Waals surface area (Å²) in [6.07, 6.45) is 0.812. The number of aryl methyl sites for hydroxylation is 2. The summed E-state index contributed by atoms with van der Waals surface area (Å²) in [6, 6.07) is 17.8. The Kier molecular flexibility index (Phi) is 6.35. The van der Waals surface area contributed by atoms with E-state index in [2.05, 4.69) is 36.5 Å². The number of nitrogens with one attached hydrogen (secondary N) is 1. The molecule has 0 saturated heterocycles. The number of aromatic nitrogens is 1. The van der Waals surface area contributed by atoms with Gasteiger partial charge in [-0.05, 0) is 31.9 Å². The number of hydrogen-bond acceptors (Lipinski definition) is 3. The maximum atomic E-state index is 12.3. The Hall–Kier alpha value is -2.53. The van der Waals surface area contributed by atoms with Crippen LogP contribution in [0.1, 0.15) is 18.1 Å². The number of nitrogens with zero attached hydrogens (tertiary/aromatic N) is 1. The molecule has 3 aromatic rings. The molecule has 0 fully saturated rings. The van der Waals surface area contributed by atoms with Crippen molar-refractivity contribution in [1.82, 2.24) is 9.88 Å². The number of pyridine rings is 1. The lowest BCUT2D eigenvalue weighted by Gasteiger charge is -2.11. The van der Waals surface area contributed by atoms with Gasteiger partial charge in [-0.1, -0.05) is 48.0 Å². The predicted octanol–water partition coefficient (Wildman–Crippen LogP) is 3.78. The van der Waals surface area contributed by atoms with E-state index in [1.54, 1.807) is 10.6 Å². The van der Waals surface area contributed by atoms with Crippen LogP contribution in [0.5, 0.6) is 0 Å².